The minimum absolute atomic E-state index is 0.734. The Morgan fingerprint density at radius 1 is 1.20 bits per heavy atom. The van der Waals surface area contributed by atoms with Crippen LogP contribution in [0.2, 0.25) is 0 Å². The van der Waals surface area contributed by atoms with Gasteiger partial charge >= 0.3 is 0 Å². The Kier molecular flexibility index (Phi) is 3.18. The van der Waals surface area contributed by atoms with Gasteiger partial charge in [-0.15, -0.1) is 0 Å². The summed E-state index contributed by atoms with van der Waals surface area (Å²) in [5.41, 5.74) is 2.55. The molecule has 2 aliphatic rings. The summed E-state index contributed by atoms with van der Waals surface area (Å²) in [6.07, 6.45) is 3.89. The van der Waals surface area contributed by atoms with E-state index in [2.05, 4.69) is 33.1 Å². The third-order valence-electron chi connectivity index (χ3n) is 4.37. The van der Waals surface area contributed by atoms with Crippen molar-refractivity contribution >= 4 is 5.52 Å². The van der Waals surface area contributed by atoms with Crippen molar-refractivity contribution in [2.24, 2.45) is 0 Å². The molecule has 5 nitrogen and oxygen atoms in total. The summed E-state index contributed by atoms with van der Waals surface area (Å²) in [4.78, 5) is 5.09. The number of fused-ring (bicyclic) bond motifs is 1. The maximum atomic E-state index is 5.41. The van der Waals surface area contributed by atoms with Crippen molar-refractivity contribution in [2.45, 2.75) is 12.6 Å². The van der Waals surface area contributed by atoms with Crippen molar-refractivity contribution in [3.8, 4) is 0 Å². The number of hydrogen-bond donors (Lipinski definition) is 0. The van der Waals surface area contributed by atoms with E-state index >= 15 is 0 Å². The van der Waals surface area contributed by atoms with E-state index < -0.39 is 0 Å². The topological polar surface area (TPSA) is 33.0 Å². The number of ether oxygens (including phenoxy) is 1. The molecule has 20 heavy (non-hydrogen) atoms. The number of likely N-dealkylation sites (tertiary alicyclic amines) is 1. The molecule has 2 saturated heterocycles. The minimum atomic E-state index is 0.734. The van der Waals surface area contributed by atoms with E-state index in [9.17, 15) is 0 Å². The van der Waals surface area contributed by atoms with Crippen LogP contribution in [0.5, 0.6) is 0 Å². The van der Waals surface area contributed by atoms with Gasteiger partial charge in [-0.05, 0) is 23.8 Å². The summed E-state index contributed by atoms with van der Waals surface area (Å²) < 4.78 is 7.32. The molecular weight excluding hydrogens is 252 g/mol. The predicted molar refractivity (Wildman–Crippen MR) is 76.6 cm³/mol. The largest absolute Gasteiger partial charge is 0.379 e. The number of nitrogens with zero attached hydrogens (tertiary/aromatic N) is 4. The van der Waals surface area contributed by atoms with Crippen molar-refractivity contribution in [3.05, 3.63) is 36.2 Å². The summed E-state index contributed by atoms with van der Waals surface area (Å²) in [5, 5.41) is 4.23. The summed E-state index contributed by atoms with van der Waals surface area (Å²) >= 11 is 0. The molecule has 0 saturated carbocycles. The molecule has 2 aliphatic heterocycles. The summed E-state index contributed by atoms with van der Waals surface area (Å²) in [6, 6.07) is 7.19. The Hall–Kier alpha value is -1.43. The predicted octanol–water partition coefficient (Wildman–Crippen LogP) is 0.851. The first-order valence-corrected chi connectivity index (χ1v) is 7.35. The average Bonchev–Trinajstić information content (AvgIpc) is 2.91. The monoisotopic (exact) mass is 272 g/mol. The highest BCUT2D eigenvalue weighted by Gasteiger charge is 2.32. The van der Waals surface area contributed by atoms with Crippen LogP contribution in [0, 0.1) is 0 Å². The zero-order valence-electron chi connectivity index (χ0n) is 11.6. The highest BCUT2D eigenvalue weighted by Crippen LogP contribution is 2.19. The van der Waals surface area contributed by atoms with Crippen LogP contribution in [-0.4, -0.2) is 64.8 Å². The minimum Gasteiger partial charge on any atom is -0.379 e. The third kappa shape index (κ3) is 2.32. The normalized spacial score (nSPS) is 22.2. The molecule has 0 amide bonds. The van der Waals surface area contributed by atoms with Gasteiger partial charge in [0.25, 0.3) is 0 Å². The van der Waals surface area contributed by atoms with Crippen molar-refractivity contribution in [1.29, 1.82) is 0 Å². The molecule has 2 aromatic heterocycles. The van der Waals surface area contributed by atoms with Crippen LogP contribution in [0.15, 0.2) is 30.6 Å². The Morgan fingerprint density at radius 3 is 2.90 bits per heavy atom. The van der Waals surface area contributed by atoms with Gasteiger partial charge in [-0.2, -0.15) is 5.10 Å². The summed E-state index contributed by atoms with van der Waals surface area (Å²) in [7, 11) is 0. The van der Waals surface area contributed by atoms with Crippen LogP contribution in [0.1, 0.15) is 5.56 Å². The standard InChI is InChI=1S/C15H20N4O/c1-3-16-19-4-2-13(9-14(1)19)10-17-11-15(12-17)18-5-7-20-8-6-18/h1-4,9,15H,5-8,10-12H2. The zero-order chi connectivity index (χ0) is 13.4. The van der Waals surface area contributed by atoms with E-state index in [4.69, 9.17) is 4.74 Å². The van der Waals surface area contributed by atoms with Gasteiger partial charge in [0.05, 0.1) is 18.7 Å². The van der Waals surface area contributed by atoms with Gasteiger partial charge in [-0.25, -0.2) is 4.52 Å². The van der Waals surface area contributed by atoms with Crippen LogP contribution in [0.3, 0.4) is 0 Å². The molecule has 5 heteroatoms. The number of aromatic nitrogens is 2. The molecule has 2 fully saturated rings. The van der Waals surface area contributed by atoms with Gasteiger partial charge in [-0.3, -0.25) is 9.80 Å². The molecule has 0 unspecified atom stereocenters. The lowest BCUT2D eigenvalue weighted by Crippen LogP contribution is -2.60. The molecule has 0 radical (unpaired) electrons. The molecule has 0 aliphatic carbocycles. The van der Waals surface area contributed by atoms with Crippen molar-refractivity contribution in [3.63, 3.8) is 0 Å². The Labute approximate surface area is 118 Å². The van der Waals surface area contributed by atoms with Crippen LogP contribution >= 0.6 is 0 Å². The number of rotatable bonds is 3. The smallest absolute Gasteiger partial charge is 0.0664 e. The number of pyridine rings is 1. The molecule has 0 spiro atoms. The summed E-state index contributed by atoms with van der Waals surface area (Å²) in [6.45, 7) is 7.40. The fourth-order valence-electron chi connectivity index (χ4n) is 3.17. The lowest BCUT2D eigenvalue weighted by atomic mass is 10.1. The van der Waals surface area contributed by atoms with Crippen molar-refractivity contribution in [2.75, 3.05) is 39.4 Å². The lowest BCUT2D eigenvalue weighted by molar-refractivity contribution is -0.0344. The Bertz CT molecular complexity index is 584. The van der Waals surface area contributed by atoms with E-state index in [1.54, 1.807) is 0 Å². The number of morpholine rings is 1. The molecule has 0 atom stereocenters. The molecule has 4 rings (SSSR count). The Morgan fingerprint density at radius 2 is 2.05 bits per heavy atom. The van der Waals surface area contributed by atoms with Gasteiger partial charge in [0, 0.05) is 51.2 Å². The zero-order valence-corrected chi connectivity index (χ0v) is 11.6. The maximum absolute atomic E-state index is 5.41. The molecule has 4 heterocycles. The second kappa shape index (κ2) is 5.16. The lowest BCUT2D eigenvalue weighted by Gasteiger charge is -2.46. The maximum Gasteiger partial charge on any atom is 0.0664 e. The molecule has 0 bridgehead atoms. The van der Waals surface area contributed by atoms with Crippen molar-refractivity contribution in [1.82, 2.24) is 19.4 Å². The van der Waals surface area contributed by atoms with Crippen LogP contribution in [-0.2, 0) is 11.3 Å². The fourth-order valence-corrected chi connectivity index (χ4v) is 3.17. The second-order valence-corrected chi connectivity index (χ2v) is 5.73. The van der Waals surface area contributed by atoms with Gasteiger partial charge < -0.3 is 4.74 Å². The van der Waals surface area contributed by atoms with Gasteiger partial charge in [0.1, 0.15) is 0 Å². The highest BCUT2D eigenvalue weighted by molar-refractivity contribution is 5.47. The first-order chi connectivity index (χ1) is 9.88. The number of hydrogen-bond acceptors (Lipinski definition) is 4. The van der Waals surface area contributed by atoms with E-state index in [-0.39, 0.29) is 0 Å². The average molecular weight is 272 g/mol. The SMILES string of the molecule is c1cc2cc(CN3CC(N4CCOCC4)C3)ccn2n1. The molecular formula is C15H20N4O. The molecule has 106 valence electrons. The summed E-state index contributed by atoms with van der Waals surface area (Å²) in [5.74, 6) is 0. The first kappa shape index (κ1) is 12.3. The van der Waals surface area contributed by atoms with Crippen molar-refractivity contribution < 1.29 is 4.74 Å². The Balaban J connectivity index is 1.34. The van der Waals surface area contributed by atoms with Crippen LogP contribution in [0.4, 0.5) is 0 Å². The van der Waals surface area contributed by atoms with Crippen LogP contribution < -0.4 is 0 Å². The third-order valence-corrected chi connectivity index (χ3v) is 4.37. The van der Waals surface area contributed by atoms with E-state index in [0.717, 1.165) is 38.9 Å². The molecule has 2 aromatic rings. The van der Waals surface area contributed by atoms with Crippen LogP contribution in [0.25, 0.3) is 5.52 Å². The highest BCUT2D eigenvalue weighted by atomic mass is 16.5. The first-order valence-electron chi connectivity index (χ1n) is 7.35. The second-order valence-electron chi connectivity index (χ2n) is 5.73. The van der Waals surface area contributed by atoms with Gasteiger partial charge in [-0.1, -0.05) is 0 Å². The molecule has 0 aromatic carbocycles. The van der Waals surface area contributed by atoms with E-state index in [1.165, 1.54) is 24.2 Å². The van der Waals surface area contributed by atoms with E-state index in [1.807, 2.05) is 16.9 Å². The fraction of sp³-hybridized carbons (Fsp3) is 0.533. The molecule has 0 N–H and O–H groups in total. The van der Waals surface area contributed by atoms with Gasteiger partial charge in [0.2, 0.25) is 0 Å². The quantitative estimate of drug-likeness (QED) is 0.829. The van der Waals surface area contributed by atoms with Gasteiger partial charge in [0.15, 0.2) is 0 Å². The van der Waals surface area contributed by atoms with E-state index in [0.29, 0.717) is 0 Å².